The molecule has 1 aromatic carbocycles. The van der Waals surface area contributed by atoms with Crippen LogP contribution >= 0.6 is 11.8 Å². The van der Waals surface area contributed by atoms with Gasteiger partial charge in [-0.2, -0.15) is 0 Å². The molecule has 0 amide bonds. The molecular formula is C20H30N2O2S. The van der Waals surface area contributed by atoms with Gasteiger partial charge < -0.3 is 9.64 Å². The van der Waals surface area contributed by atoms with Crippen LogP contribution in [0.2, 0.25) is 0 Å². The van der Waals surface area contributed by atoms with E-state index in [9.17, 15) is 4.79 Å². The van der Waals surface area contributed by atoms with Crippen molar-refractivity contribution in [3.8, 4) is 0 Å². The van der Waals surface area contributed by atoms with Crippen molar-refractivity contribution in [3.05, 3.63) is 29.3 Å². The van der Waals surface area contributed by atoms with Crippen LogP contribution < -0.4 is 0 Å². The summed E-state index contributed by atoms with van der Waals surface area (Å²) < 4.78 is 4.79. The Morgan fingerprint density at radius 2 is 2.04 bits per heavy atom. The van der Waals surface area contributed by atoms with Gasteiger partial charge in [-0.3, -0.25) is 0 Å². The summed E-state index contributed by atoms with van der Waals surface area (Å²) in [5, 5.41) is 1.10. The Balaban J connectivity index is 2.27. The molecule has 0 aromatic heterocycles. The lowest BCUT2D eigenvalue weighted by molar-refractivity contribution is 0.0600. The number of rotatable bonds is 6. The van der Waals surface area contributed by atoms with Crippen LogP contribution in [0.25, 0.3) is 0 Å². The molecule has 1 fully saturated rings. The molecule has 2 rings (SSSR count). The Hall–Kier alpha value is -1.49. The topological polar surface area (TPSA) is 41.9 Å². The van der Waals surface area contributed by atoms with Crippen LogP contribution in [0, 0.1) is 18.8 Å². The number of aryl methyl sites for hydroxylation is 1. The van der Waals surface area contributed by atoms with Crippen molar-refractivity contribution in [2.45, 2.75) is 47.1 Å². The van der Waals surface area contributed by atoms with Gasteiger partial charge in [-0.1, -0.05) is 39.5 Å². The summed E-state index contributed by atoms with van der Waals surface area (Å²) in [4.78, 5) is 19.1. The summed E-state index contributed by atoms with van der Waals surface area (Å²) in [5.74, 6) is 2.07. The smallest absolute Gasteiger partial charge is 0.337 e. The fourth-order valence-electron chi connectivity index (χ4n) is 3.09. The van der Waals surface area contributed by atoms with Crippen LogP contribution in [-0.2, 0) is 4.74 Å². The van der Waals surface area contributed by atoms with Gasteiger partial charge in [-0.25, -0.2) is 9.79 Å². The van der Waals surface area contributed by atoms with E-state index >= 15 is 0 Å². The zero-order valence-electron chi connectivity index (χ0n) is 16.2. The van der Waals surface area contributed by atoms with Crippen molar-refractivity contribution in [2.75, 3.05) is 19.4 Å². The molecule has 138 valence electrons. The quantitative estimate of drug-likeness (QED) is 0.676. The number of benzene rings is 1. The largest absolute Gasteiger partial charge is 0.465 e. The molecule has 0 saturated carbocycles. The molecule has 0 radical (unpaired) electrons. The first-order valence-electron chi connectivity index (χ1n) is 8.98. The van der Waals surface area contributed by atoms with E-state index in [0.717, 1.165) is 28.7 Å². The molecule has 0 unspecified atom stereocenters. The van der Waals surface area contributed by atoms with Gasteiger partial charge in [-0.15, -0.1) is 0 Å². The Morgan fingerprint density at radius 3 is 2.60 bits per heavy atom. The maximum absolute atomic E-state index is 11.7. The van der Waals surface area contributed by atoms with Gasteiger partial charge in [-0.05, 0) is 48.9 Å². The van der Waals surface area contributed by atoms with E-state index in [4.69, 9.17) is 9.73 Å². The number of thioether (sulfide) groups is 1. The molecule has 1 aliphatic rings. The third kappa shape index (κ3) is 5.24. The minimum atomic E-state index is -0.309. The number of nitrogens with zero attached hydrogens (tertiary/aromatic N) is 2. The minimum absolute atomic E-state index is 0.309. The second-order valence-electron chi connectivity index (χ2n) is 7.53. The monoisotopic (exact) mass is 362 g/mol. The highest BCUT2D eigenvalue weighted by Crippen LogP contribution is 2.32. The van der Waals surface area contributed by atoms with Gasteiger partial charge in [0.2, 0.25) is 0 Å². The van der Waals surface area contributed by atoms with Crippen molar-refractivity contribution < 1.29 is 9.53 Å². The van der Waals surface area contributed by atoms with Gasteiger partial charge in [0.05, 0.1) is 18.4 Å². The lowest BCUT2D eigenvalue weighted by Gasteiger charge is -2.29. The molecular weight excluding hydrogens is 332 g/mol. The van der Waals surface area contributed by atoms with Crippen molar-refractivity contribution in [3.63, 3.8) is 0 Å². The van der Waals surface area contributed by atoms with Crippen molar-refractivity contribution in [1.82, 2.24) is 4.90 Å². The van der Waals surface area contributed by atoms with E-state index in [2.05, 4.69) is 32.6 Å². The predicted molar refractivity (Wildman–Crippen MR) is 107 cm³/mol. The highest BCUT2D eigenvalue weighted by atomic mass is 32.2. The Morgan fingerprint density at radius 1 is 1.32 bits per heavy atom. The van der Waals surface area contributed by atoms with Crippen LogP contribution in [0.4, 0.5) is 5.69 Å². The number of methoxy groups -OCH3 is 1. The summed E-state index contributed by atoms with van der Waals surface area (Å²) in [6, 6.07) is 6.11. The summed E-state index contributed by atoms with van der Waals surface area (Å²) in [5.41, 5.74) is 2.49. The Labute approximate surface area is 156 Å². The highest BCUT2D eigenvalue weighted by Gasteiger charge is 2.31. The van der Waals surface area contributed by atoms with Crippen LogP contribution in [0.1, 0.15) is 50.0 Å². The van der Waals surface area contributed by atoms with Gasteiger partial charge >= 0.3 is 5.97 Å². The second kappa shape index (κ2) is 8.75. The molecule has 1 saturated heterocycles. The highest BCUT2D eigenvalue weighted by molar-refractivity contribution is 8.14. The number of carbonyl (C=O) groups excluding carboxylic acids is 1. The van der Waals surface area contributed by atoms with E-state index in [0.29, 0.717) is 23.4 Å². The Kier molecular flexibility index (Phi) is 6.94. The molecule has 1 aliphatic heterocycles. The number of hydrogen-bond acceptors (Lipinski definition) is 4. The SMILES string of the molecule is COC(=O)c1ccc(/N=C2\SC[C@H](CC(C)C)N2CC(C)C)c(C)c1. The fraction of sp³-hybridized carbons (Fsp3) is 0.600. The molecule has 0 N–H and O–H groups in total. The van der Waals surface area contributed by atoms with Crippen LogP contribution in [0.5, 0.6) is 0 Å². The van der Waals surface area contributed by atoms with E-state index < -0.39 is 0 Å². The first kappa shape index (κ1) is 19.8. The molecule has 1 aromatic rings. The first-order valence-corrected chi connectivity index (χ1v) is 9.97. The lowest BCUT2D eigenvalue weighted by atomic mass is 10.0. The van der Waals surface area contributed by atoms with Crippen LogP contribution in [0.15, 0.2) is 23.2 Å². The first-order chi connectivity index (χ1) is 11.8. The van der Waals surface area contributed by atoms with Gasteiger partial charge in [0.15, 0.2) is 5.17 Å². The molecule has 1 atom stereocenters. The summed E-state index contributed by atoms with van der Waals surface area (Å²) in [7, 11) is 1.40. The van der Waals surface area contributed by atoms with E-state index in [-0.39, 0.29) is 5.97 Å². The minimum Gasteiger partial charge on any atom is -0.465 e. The molecule has 25 heavy (non-hydrogen) atoms. The third-order valence-corrected chi connectivity index (χ3v) is 5.37. The van der Waals surface area contributed by atoms with Gasteiger partial charge in [0, 0.05) is 18.3 Å². The average molecular weight is 363 g/mol. The molecule has 5 heteroatoms. The number of aliphatic imine (C=N–C) groups is 1. The summed E-state index contributed by atoms with van der Waals surface area (Å²) in [6.07, 6.45) is 1.19. The average Bonchev–Trinajstić information content (AvgIpc) is 2.89. The van der Waals surface area contributed by atoms with Crippen LogP contribution in [0.3, 0.4) is 0 Å². The van der Waals surface area contributed by atoms with Gasteiger partial charge in [0.1, 0.15) is 0 Å². The third-order valence-electron chi connectivity index (χ3n) is 4.23. The van der Waals surface area contributed by atoms with E-state index in [1.807, 2.05) is 30.8 Å². The molecule has 0 spiro atoms. The molecule has 0 bridgehead atoms. The summed E-state index contributed by atoms with van der Waals surface area (Å²) >= 11 is 1.85. The molecule has 4 nitrogen and oxygen atoms in total. The number of ether oxygens (including phenoxy) is 1. The van der Waals surface area contributed by atoms with E-state index in [1.165, 1.54) is 13.5 Å². The van der Waals surface area contributed by atoms with Crippen LogP contribution in [-0.4, -0.2) is 41.5 Å². The number of amidine groups is 1. The maximum atomic E-state index is 11.7. The fourth-order valence-corrected chi connectivity index (χ4v) is 4.29. The molecule has 1 heterocycles. The Bertz CT molecular complexity index is 641. The summed E-state index contributed by atoms with van der Waals surface area (Å²) in [6.45, 7) is 12.1. The normalized spacial score (nSPS) is 19.3. The zero-order chi connectivity index (χ0) is 18.6. The number of hydrogen-bond donors (Lipinski definition) is 0. The van der Waals surface area contributed by atoms with E-state index in [1.54, 1.807) is 6.07 Å². The molecule has 0 aliphatic carbocycles. The lowest BCUT2D eigenvalue weighted by Crippen LogP contribution is -2.37. The van der Waals surface area contributed by atoms with Crippen molar-refractivity contribution in [2.24, 2.45) is 16.8 Å². The number of carbonyl (C=O) groups is 1. The van der Waals surface area contributed by atoms with Crippen molar-refractivity contribution in [1.29, 1.82) is 0 Å². The van der Waals surface area contributed by atoms with Crippen molar-refractivity contribution >= 4 is 28.6 Å². The maximum Gasteiger partial charge on any atom is 0.337 e. The standard InChI is InChI=1S/C20H30N2O2S/c1-13(2)9-17-12-25-20(22(17)11-14(3)4)21-18-8-7-16(10-15(18)5)19(23)24-6/h7-8,10,13-14,17H,9,11-12H2,1-6H3/b21-20-/t17-/m0/s1. The zero-order valence-corrected chi connectivity index (χ0v) is 17.0. The predicted octanol–water partition coefficient (Wildman–Crippen LogP) is 4.89. The number of esters is 1. The second-order valence-corrected chi connectivity index (χ2v) is 8.51. The van der Waals surface area contributed by atoms with Gasteiger partial charge in [0.25, 0.3) is 0 Å².